The zero-order chi connectivity index (χ0) is 14.7. The Morgan fingerprint density at radius 1 is 1.00 bits per heavy atom. The van der Waals surface area contributed by atoms with Crippen LogP contribution in [0.1, 0.15) is 12.8 Å². The van der Waals surface area contributed by atoms with Gasteiger partial charge in [-0.3, -0.25) is 5.43 Å². The first kappa shape index (κ1) is 14.3. The number of nitrogens with one attached hydrogen (secondary N) is 2. The molecule has 0 saturated carbocycles. The number of nitrogens with zero attached hydrogens (tertiary/aromatic N) is 4. The van der Waals surface area contributed by atoms with Crippen LogP contribution in [0.2, 0.25) is 0 Å². The predicted octanol–water partition coefficient (Wildman–Crippen LogP) is 2.11. The van der Waals surface area contributed by atoms with Gasteiger partial charge in [0.1, 0.15) is 0 Å². The summed E-state index contributed by atoms with van der Waals surface area (Å²) in [5, 5.41) is 3.18. The van der Waals surface area contributed by atoms with E-state index in [9.17, 15) is 0 Å². The van der Waals surface area contributed by atoms with E-state index >= 15 is 0 Å². The first-order valence-corrected chi connectivity index (χ1v) is 7.83. The van der Waals surface area contributed by atoms with Crippen LogP contribution in [0.25, 0.3) is 0 Å². The second kappa shape index (κ2) is 6.39. The summed E-state index contributed by atoms with van der Waals surface area (Å²) < 4.78 is 1.18. The smallest absolute Gasteiger partial charge is 0.243 e. The Balaban J connectivity index is 1.86. The molecule has 2 aromatic rings. The molecule has 0 atom stereocenters. The van der Waals surface area contributed by atoms with Gasteiger partial charge < -0.3 is 10.2 Å². The molecule has 1 aliphatic heterocycles. The van der Waals surface area contributed by atoms with Crippen molar-refractivity contribution in [2.24, 2.45) is 5.84 Å². The van der Waals surface area contributed by atoms with E-state index in [1.54, 1.807) is 0 Å². The van der Waals surface area contributed by atoms with Crippen molar-refractivity contribution in [2.45, 2.75) is 12.8 Å². The molecule has 1 aliphatic rings. The van der Waals surface area contributed by atoms with Crippen molar-refractivity contribution in [3.63, 3.8) is 0 Å². The molecule has 2 heterocycles. The Hall–Kier alpha value is -1.68. The molecule has 4 N–H and O–H groups in total. The first-order chi connectivity index (χ1) is 10.2. The molecular weight excluding hydrogens is 381 g/mol. The van der Waals surface area contributed by atoms with Gasteiger partial charge in [0.2, 0.25) is 17.8 Å². The molecule has 3 rings (SSSR count). The Bertz CT molecular complexity index is 610. The molecule has 7 nitrogen and oxygen atoms in total. The van der Waals surface area contributed by atoms with Gasteiger partial charge in [-0.1, -0.05) is 0 Å². The van der Waals surface area contributed by atoms with Gasteiger partial charge in [0, 0.05) is 22.3 Å². The third-order valence-corrected chi connectivity index (χ3v) is 3.96. The van der Waals surface area contributed by atoms with Gasteiger partial charge in [-0.25, -0.2) is 5.84 Å². The monoisotopic (exact) mass is 397 g/mol. The van der Waals surface area contributed by atoms with E-state index in [-0.39, 0.29) is 0 Å². The number of halogens is 1. The highest BCUT2D eigenvalue weighted by molar-refractivity contribution is 14.1. The summed E-state index contributed by atoms with van der Waals surface area (Å²) in [5.74, 6) is 6.95. The normalized spacial score (nSPS) is 14.3. The van der Waals surface area contributed by atoms with E-state index in [1.807, 2.05) is 24.3 Å². The Kier molecular flexibility index (Phi) is 4.34. The third-order valence-electron chi connectivity index (χ3n) is 3.24. The average Bonchev–Trinajstić information content (AvgIpc) is 3.04. The lowest BCUT2D eigenvalue weighted by Crippen LogP contribution is -2.23. The molecule has 0 bridgehead atoms. The second-order valence-electron chi connectivity index (χ2n) is 4.75. The molecule has 110 valence electrons. The van der Waals surface area contributed by atoms with Gasteiger partial charge >= 0.3 is 0 Å². The summed E-state index contributed by atoms with van der Waals surface area (Å²) in [6.45, 7) is 1.94. The van der Waals surface area contributed by atoms with Crippen molar-refractivity contribution in [3.8, 4) is 0 Å². The first-order valence-electron chi connectivity index (χ1n) is 6.75. The summed E-state index contributed by atoms with van der Waals surface area (Å²) in [4.78, 5) is 15.2. The fourth-order valence-corrected chi connectivity index (χ4v) is 2.57. The van der Waals surface area contributed by atoms with Crippen LogP contribution in [-0.4, -0.2) is 28.0 Å². The van der Waals surface area contributed by atoms with Crippen molar-refractivity contribution in [2.75, 3.05) is 28.7 Å². The number of nitrogen functional groups attached to an aromatic ring is 1. The minimum atomic E-state index is 0.361. The van der Waals surface area contributed by atoms with Gasteiger partial charge in [0.25, 0.3) is 0 Å². The number of hydrogen-bond acceptors (Lipinski definition) is 7. The van der Waals surface area contributed by atoms with Gasteiger partial charge in [0.05, 0.1) is 0 Å². The second-order valence-corrected chi connectivity index (χ2v) is 6.00. The molecule has 1 saturated heterocycles. The summed E-state index contributed by atoms with van der Waals surface area (Å²) in [5.41, 5.74) is 3.42. The molecular formula is C13H16IN7. The predicted molar refractivity (Wildman–Crippen MR) is 91.5 cm³/mol. The summed E-state index contributed by atoms with van der Waals surface area (Å²) in [7, 11) is 0. The van der Waals surface area contributed by atoms with Crippen LogP contribution in [0.5, 0.6) is 0 Å². The fraction of sp³-hybridized carbons (Fsp3) is 0.308. The van der Waals surface area contributed by atoms with Crippen molar-refractivity contribution >= 4 is 46.1 Å². The summed E-state index contributed by atoms with van der Waals surface area (Å²) in [6, 6.07) is 8.01. The van der Waals surface area contributed by atoms with E-state index in [0.29, 0.717) is 17.8 Å². The lowest BCUT2D eigenvalue weighted by atomic mass is 10.3. The van der Waals surface area contributed by atoms with Crippen LogP contribution in [0, 0.1) is 3.57 Å². The molecule has 1 aromatic carbocycles. The number of hydrazine groups is 1. The molecule has 0 spiro atoms. The summed E-state index contributed by atoms with van der Waals surface area (Å²) >= 11 is 2.27. The van der Waals surface area contributed by atoms with Gasteiger partial charge in [-0.05, 0) is 59.7 Å². The number of aromatic nitrogens is 3. The topological polar surface area (TPSA) is 92.0 Å². The number of anilines is 4. The van der Waals surface area contributed by atoms with Crippen molar-refractivity contribution in [1.82, 2.24) is 15.0 Å². The van der Waals surface area contributed by atoms with Gasteiger partial charge in [0.15, 0.2) is 0 Å². The van der Waals surface area contributed by atoms with E-state index < -0.39 is 0 Å². The fourth-order valence-electron chi connectivity index (χ4n) is 2.21. The molecule has 0 unspecified atom stereocenters. The maximum atomic E-state index is 5.45. The van der Waals surface area contributed by atoms with Crippen molar-refractivity contribution < 1.29 is 0 Å². The van der Waals surface area contributed by atoms with E-state index in [1.165, 1.54) is 3.57 Å². The van der Waals surface area contributed by atoms with Crippen LogP contribution in [-0.2, 0) is 0 Å². The number of nitrogens with two attached hydrogens (primary N) is 1. The number of rotatable bonds is 4. The van der Waals surface area contributed by atoms with Crippen LogP contribution in [0.3, 0.4) is 0 Å². The largest absolute Gasteiger partial charge is 0.341 e. The Morgan fingerprint density at radius 3 is 2.33 bits per heavy atom. The average molecular weight is 397 g/mol. The number of hydrogen-bond donors (Lipinski definition) is 3. The minimum absolute atomic E-state index is 0.361. The van der Waals surface area contributed by atoms with Crippen molar-refractivity contribution in [3.05, 3.63) is 27.8 Å². The maximum absolute atomic E-state index is 5.45. The van der Waals surface area contributed by atoms with Crippen LogP contribution < -0.4 is 21.5 Å². The molecule has 0 amide bonds. The van der Waals surface area contributed by atoms with E-state index in [0.717, 1.165) is 31.6 Å². The van der Waals surface area contributed by atoms with Gasteiger partial charge in [-0.15, -0.1) is 0 Å². The number of benzene rings is 1. The molecule has 1 fully saturated rings. The lowest BCUT2D eigenvalue weighted by molar-refractivity contribution is 0.882. The lowest BCUT2D eigenvalue weighted by Gasteiger charge is -2.16. The molecule has 8 heteroatoms. The molecule has 1 aromatic heterocycles. The zero-order valence-electron chi connectivity index (χ0n) is 11.4. The standard InChI is InChI=1S/C13H16IN7/c14-9-3-5-10(6-4-9)16-11-17-12(20-15)19-13(18-11)21-7-1-2-8-21/h3-6H,1-2,7-8,15H2,(H2,16,17,18,19,20). The highest BCUT2D eigenvalue weighted by Gasteiger charge is 2.17. The highest BCUT2D eigenvalue weighted by Crippen LogP contribution is 2.20. The summed E-state index contributed by atoms with van der Waals surface area (Å²) in [6.07, 6.45) is 2.33. The Morgan fingerprint density at radius 2 is 1.67 bits per heavy atom. The van der Waals surface area contributed by atoms with E-state index in [2.05, 4.69) is 53.2 Å². The van der Waals surface area contributed by atoms with E-state index in [4.69, 9.17) is 5.84 Å². The Labute approximate surface area is 136 Å². The third kappa shape index (κ3) is 3.50. The zero-order valence-corrected chi connectivity index (χ0v) is 13.5. The molecule has 0 radical (unpaired) electrons. The molecule has 21 heavy (non-hydrogen) atoms. The molecule has 0 aliphatic carbocycles. The maximum Gasteiger partial charge on any atom is 0.243 e. The van der Waals surface area contributed by atoms with Crippen molar-refractivity contribution in [1.29, 1.82) is 0 Å². The minimum Gasteiger partial charge on any atom is -0.341 e. The van der Waals surface area contributed by atoms with Gasteiger partial charge in [-0.2, -0.15) is 15.0 Å². The quantitative estimate of drug-likeness (QED) is 0.414. The van der Waals surface area contributed by atoms with Crippen LogP contribution >= 0.6 is 22.6 Å². The van der Waals surface area contributed by atoms with Crippen LogP contribution in [0.4, 0.5) is 23.5 Å². The SMILES string of the molecule is NNc1nc(Nc2ccc(I)cc2)nc(N2CCCC2)n1. The highest BCUT2D eigenvalue weighted by atomic mass is 127. The van der Waals surface area contributed by atoms with Crippen LogP contribution in [0.15, 0.2) is 24.3 Å².